The van der Waals surface area contributed by atoms with Gasteiger partial charge in [0.1, 0.15) is 18.0 Å². The molecule has 0 amide bonds. The van der Waals surface area contributed by atoms with Crippen LogP contribution in [0.15, 0.2) is 6.33 Å². The predicted octanol–water partition coefficient (Wildman–Crippen LogP) is 1.99. The van der Waals surface area contributed by atoms with E-state index in [1.807, 2.05) is 0 Å². The highest BCUT2D eigenvalue weighted by atomic mass is 15.2. The Balaban J connectivity index is 2.01. The fourth-order valence-electron chi connectivity index (χ4n) is 2.89. The fraction of sp³-hybridized carbons (Fsp3) is 0.733. The van der Waals surface area contributed by atoms with Crippen LogP contribution < -0.4 is 10.2 Å². The van der Waals surface area contributed by atoms with Crippen LogP contribution >= 0.6 is 0 Å². The number of anilines is 2. The van der Waals surface area contributed by atoms with E-state index in [9.17, 15) is 0 Å². The molecule has 2 heterocycles. The van der Waals surface area contributed by atoms with Crippen molar-refractivity contribution in [3.63, 3.8) is 0 Å². The lowest BCUT2D eigenvalue weighted by molar-refractivity contribution is 0.222. The highest BCUT2D eigenvalue weighted by Gasteiger charge is 2.20. The van der Waals surface area contributed by atoms with E-state index in [0.717, 1.165) is 36.2 Å². The summed E-state index contributed by atoms with van der Waals surface area (Å²) in [5.41, 5.74) is 1.14. The lowest BCUT2D eigenvalue weighted by atomic mass is 9.96. The molecular weight excluding hydrogens is 250 g/mol. The summed E-state index contributed by atoms with van der Waals surface area (Å²) in [7, 11) is 4.35. The molecule has 1 aliphatic rings. The number of piperidine rings is 1. The maximum atomic E-state index is 4.47. The summed E-state index contributed by atoms with van der Waals surface area (Å²) in [4.78, 5) is 13.5. The number of hydrogen-bond acceptors (Lipinski definition) is 5. The van der Waals surface area contributed by atoms with Gasteiger partial charge in [-0.2, -0.15) is 0 Å². The predicted molar refractivity (Wildman–Crippen MR) is 84.4 cm³/mol. The first-order valence-corrected chi connectivity index (χ1v) is 7.57. The summed E-state index contributed by atoms with van der Waals surface area (Å²) in [5, 5.41) is 3.30. The Kier molecular flexibility index (Phi) is 5.17. The van der Waals surface area contributed by atoms with Crippen LogP contribution in [0, 0.1) is 12.8 Å². The maximum absolute atomic E-state index is 4.47. The molecular formula is C15H27N5. The summed E-state index contributed by atoms with van der Waals surface area (Å²) < 4.78 is 0. The van der Waals surface area contributed by atoms with Crippen LogP contribution in [0.25, 0.3) is 0 Å². The molecule has 0 aliphatic carbocycles. The molecule has 1 fully saturated rings. The SMILES string of the molecule is CCNc1ncnc(N(C)CC2CCN(C)CC2)c1C. The Morgan fingerprint density at radius 1 is 1.35 bits per heavy atom. The molecule has 0 spiro atoms. The summed E-state index contributed by atoms with van der Waals surface area (Å²) in [6, 6.07) is 0. The first-order valence-electron chi connectivity index (χ1n) is 7.57. The van der Waals surface area contributed by atoms with E-state index in [0.29, 0.717) is 0 Å². The standard InChI is InChI=1S/C15H27N5/c1-5-16-14-12(2)15(18-11-17-14)20(4)10-13-6-8-19(3)9-7-13/h11,13H,5-10H2,1-4H3,(H,16,17,18). The van der Waals surface area contributed by atoms with Crippen molar-refractivity contribution in [2.75, 3.05) is 50.5 Å². The van der Waals surface area contributed by atoms with Crippen LogP contribution in [0.1, 0.15) is 25.3 Å². The molecule has 0 unspecified atom stereocenters. The zero-order chi connectivity index (χ0) is 14.5. The third-order valence-corrected chi connectivity index (χ3v) is 4.13. The second kappa shape index (κ2) is 6.88. The fourth-order valence-corrected chi connectivity index (χ4v) is 2.89. The number of rotatable bonds is 5. The topological polar surface area (TPSA) is 44.3 Å². The number of nitrogens with zero attached hydrogens (tertiary/aromatic N) is 4. The van der Waals surface area contributed by atoms with Crippen molar-refractivity contribution in [3.05, 3.63) is 11.9 Å². The van der Waals surface area contributed by atoms with Crippen LogP contribution in [-0.4, -0.2) is 55.1 Å². The van der Waals surface area contributed by atoms with E-state index in [2.05, 4.69) is 53.0 Å². The number of aromatic nitrogens is 2. The minimum Gasteiger partial charge on any atom is -0.370 e. The molecule has 0 atom stereocenters. The van der Waals surface area contributed by atoms with E-state index in [-0.39, 0.29) is 0 Å². The second-order valence-corrected chi connectivity index (χ2v) is 5.83. The van der Waals surface area contributed by atoms with Crippen molar-refractivity contribution in [1.29, 1.82) is 0 Å². The Morgan fingerprint density at radius 2 is 2.05 bits per heavy atom. The maximum Gasteiger partial charge on any atom is 0.136 e. The molecule has 0 saturated carbocycles. The van der Waals surface area contributed by atoms with E-state index in [1.165, 1.54) is 25.9 Å². The van der Waals surface area contributed by atoms with Gasteiger partial charge in [0.25, 0.3) is 0 Å². The zero-order valence-electron chi connectivity index (χ0n) is 13.2. The minimum absolute atomic E-state index is 0.771. The number of nitrogens with one attached hydrogen (secondary N) is 1. The largest absolute Gasteiger partial charge is 0.370 e. The van der Waals surface area contributed by atoms with Gasteiger partial charge in [0.15, 0.2) is 0 Å². The first-order chi connectivity index (χ1) is 9.61. The lowest BCUT2D eigenvalue weighted by Gasteiger charge is -2.32. The van der Waals surface area contributed by atoms with Crippen molar-refractivity contribution in [3.8, 4) is 0 Å². The monoisotopic (exact) mass is 277 g/mol. The van der Waals surface area contributed by atoms with E-state index < -0.39 is 0 Å². The first kappa shape index (κ1) is 15.0. The smallest absolute Gasteiger partial charge is 0.136 e. The highest BCUT2D eigenvalue weighted by Crippen LogP contribution is 2.24. The van der Waals surface area contributed by atoms with Gasteiger partial charge in [-0.05, 0) is 52.7 Å². The third-order valence-electron chi connectivity index (χ3n) is 4.13. The molecule has 1 aromatic heterocycles. The Labute approximate surface area is 122 Å². The molecule has 0 radical (unpaired) electrons. The number of likely N-dealkylation sites (tertiary alicyclic amines) is 1. The van der Waals surface area contributed by atoms with Crippen molar-refractivity contribution in [1.82, 2.24) is 14.9 Å². The van der Waals surface area contributed by atoms with Crippen molar-refractivity contribution >= 4 is 11.6 Å². The van der Waals surface area contributed by atoms with Gasteiger partial charge in [-0.25, -0.2) is 9.97 Å². The van der Waals surface area contributed by atoms with Gasteiger partial charge in [0.05, 0.1) is 0 Å². The molecule has 5 heteroatoms. The van der Waals surface area contributed by atoms with Gasteiger partial charge < -0.3 is 15.1 Å². The van der Waals surface area contributed by atoms with Gasteiger partial charge in [0.2, 0.25) is 0 Å². The van der Waals surface area contributed by atoms with Crippen molar-refractivity contribution in [2.45, 2.75) is 26.7 Å². The van der Waals surface area contributed by atoms with Crippen molar-refractivity contribution in [2.24, 2.45) is 5.92 Å². The molecule has 0 bridgehead atoms. The van der Waals surface area contributed by atoms with Gasteiger partial charge in [-0.15, -0.1) is 0 Å². The molecule has 1 aliphatic heterocycles. The van der Waals surface area contributed by atoms with Crippen LogP contribution in [0.2, 0.25) is 0 Å². The van der Waals surface area contributed by atoms with Crippen LogP contribution in [0.3, 0.4) is 0 Å². The lowest BCUT2D eigenvalue weighted by Crippen LogP contribution is -2.36. The molecule has 0 aromatic carbocycles. The van der Waals surface area contributed by atoms with Crippen molar-refractivity contribution < 1.29 is 0 Å². The zero-order valence-corrected chi connectivity index (χ0v) is 13.2. The van der Waals surface area contributed by atoms with E-state index in [4.69, 9.17) is 0 Å². The normalized spacial score (nSPS) is 17.2. The van der Waals surface area contributed by atoms with Gasteiger partial charge in [-0.3, -0.25) is 0 Å². The molecule has 1 N–H and O–H groups in total. The summed E-state index contributed by atoms with van der Waals surface area (Å²) in [6.45, 7) is 8.57. The van der Waals surface area contributed by atoms with Crippen LogP contribution in [0.4, 0.5) is 11.6 Å². The molecule has 112 valence electrons. The van der Waals surface area contributed by atoms with Gasteiger partial charge in [-0.1, -0.05) is 0 Å². The Morgan fingerprint density at radius 3 is 2.70 bits per heavy atom. The average molecular weight is 277 g/mol. The summed E-state index contributed by atoms with van der Waals surface area (Å²) >= 11 is 0. The van der Waals surface area contributed by atoms with Crippen LogP contribution in [0.5, 0.6) is 0 Å². The third kappa shape index (κ3) is 3.60. The quantitative estimate of drug-likeness (QED) is 0.892. The van der Waals surface area contributed by atoms with Crippen LogP contribution in [-0.2, 0) is 0 Å². The van der Waals surface area contributed by atoms with E-state index in [1.54, 1.807) is 6.33 Å². The Hall–Kier alpha value is -1.36. The highest BCUT2D eigenvalue weighted by molar-refractivity contribution is 5.57. The van der Waals surface area contributed by atoms with Gasteiger partial charge >= 0.3 is 0 Å². The summed E-state index contributed by atoms with van der Waals surface area (Å²) in [5.74, 6) is 2.77. The second-order valence-electron chi connectivity index (χ2n) is 5.83. The summed E-state index contributed by atoms with van der Waals surface area (Å²) in [6.07, 6.45) is 4.22. The molecule has 5 nitrogen and oxygen atoms in total. The van der Waals surface area contributed by atoms with E-state index >= 15 is 0 Å². The molecule has 1 saturated heterocycles. The molecule has 2 rings (SSSR count). The average Bonchev–Trinajstić information content (AvgIpc) is 2.44. The number of hydrogen-bond donors (Lipinski definition) is 1. The minimum atomic E-state index is 0.771. The Bertz CT molecular complexity index is 426. The van der Waals surface area contributed by atoms with Gasteiger partial charge in [0, 0.05) is 25.7 Å². The molecule has 20 heavy (non-hydrogen) atoms. The molecule has 1 aromatic rings.